The van der Waals surface area contributed by atoms with E-state index in [4.69, 9.17) is 10.9 Å². The molecular formula is C9H17N3O2. The van der Waals surface area contributed by atoms with Gasteiger partial charge in [0.2, 0.25) is 5.91 Å². The summed E-state index contributed by atoms with van der Waals surface area (Å²) in [4.78, 5) is 11.4. The number of rotatable bonds is 5. The molecule has 0 heterocycles. The summed E-state index contributed by atoms with van der Waals surface area (Å²) >= 11 is 0. The molecular weight excluding hydrogens is 182 g/mol. The van der Waals surface area contributed by atoms with Crippen molar-refractivity contribution in [2.45, 2.75) is 38.6 Å². The smallest absolute Gasteiger partial charge is 0.223 e. The maximum Gasteiger partial charge on any atom is 0.223 e. The van der Waals surface area contributed by atoms with Crippen molar-refractivity contribution in [2.24, 2.45) is 16.8 Å². The van der Waals surface area contributed by atoms with E-state index in [0.29, 0.717) is 6.42 Å². The summed E-state index contributed by atoms with van der Waals surface area (Å²) in [5, 5.41) is 14.2. The van der Waals surface area contributed by atoms with Crippen LogP contribution in [0.3, 0.4) is 0 Å². The monoisotopic (exact) mass is 199 g/mol. The van der Waals surface area contributed by atoms with Gasteiger partial charge in [0.1, 0.15) is 0 Å². The zero-order chi connectivity index (χ0) is 10.6. The Bertz CT molecular complexity index is 236. The Kier molecular flexibility index (Phi) is 3.73. The standard InChI is InChI=1S/C9H17N3O2/c1-2-3-7(8(10)12-14)11-9(13)6-4-5-6/h6-7,14H,2-5H2,1H3,(H2,10,12)(H,11,13). The van der Waals surface area contributed by atoms with Crippen LogP contribution < -0.4 is 11.1 Å². The minimum absolute atomic E-state index is 0.0232. The molecule has 80 valence electrons. The second-order valence-electron chi connectivity index (χ2n) is 3.65. The molecule has 0 radical (unpaired) electrons. The molecule has 5 heteroatoms. The predicted molar refractivity (Wildman–Crippen MR) is 53.0 cm³/mol. The molecule has 0 aromatic rings. The summed E-state index contributed by atoms with van der Waals surface area (Å²) < 4.78 is 0. The average Bonchev–Trinajstić information content (AvgIpc) is 2.99. The van der Waals surface area contributed by atoms with Crippen LogP contribution in [0.1, 0.15) is 32.6 Å². The molecule has 1 fully saturated rings. The van der Waals surface area contributed by atoms with Crippen molar-refractivity contribution in [1.82, 2.24) is 5.32 Å². The molecule has 0 spiro atoms. The van der Waals surface area contributed by atoms with Crippen molar-refractivity contribution in [3.63, 3.8) is 0 Å². The summed E-state index contributed by atoms with van der Waals surface area (Å²) in [5.41, 5.74) is 5.46. The van der Waals surface area contributed by atoms with Crippen LogP contribution in [0.25, 0.3) is 0 Å². The fourth-order valence-electron chi connectivity index (χ4n) is 1.29. The van der Waals surface area contributed by atoms with E-state index >= 15 is 0 Å². The number of oxime groups is 1. The van der Waals surface area contributed by atoms with E-state index in [0.717, 1.165) is 19.3 Å². The van der Waals surface area contributed by atoms with Crippen LogP contribution in [-0.2, 0) is 4.79 Å². The highest BCUT2D eigenvalue weighted by Crippen LogP contribution is 2.28. The number of nitrogens with zero attached hydrogens (tertiary/aromatic N) is 1. The lowest BCUT2D eigenvalue weighted by Crippen LogP contribution is -2.45. The van der Waals surface area contributed by atoms with Gasteiger partial charge in [-0.05, 0) is 19.3 Å². The zero-order valence-electron chi connectivity index (χ0n) is 8.36. The van der Waals surface area contributed by atoms with E-state index in [-0.39, 0.29) is 23.7 Å². The molecule has 1 amide bonds. The van der Waals surface area contributed by atoms with Gasteiger partial charge in [0, 0.05) is 5.92 Å². The topological polar surface area (TPSA) is 87.7 Å². The quantitative estimate of drug-likeness (QED) is 0.259. The normalized spacial score (nSPS) is 19.1. The van der Waals surface area contributed by atoms with Crippen molar-refractivity contribution in [1.29, 1.82) is 0 Å². The maximum absolute atomic E-state index is 11.4. The van der Waals surface area contributed by atoms with Crippen molar-refractivity contribution in [3.05, 3.63) is 0 Å². The lowest BCUT2D eigenvalue weighted by molar-refractivity contribution is -0.122. The first-order valence-electron chi connectivity index (χ1n) is 4.96. The van der Waals surface area contributed by atoms with E-state index in [1.54, 1.807) is 0 Å². The van der Waals surface area contributed by atoms with Gasteiger partial charge in [-0.15, -0.1) is 0 Å². The average molecular weight is 199 g/mol. The Labute approximate surface area is 83.3 Å². The van der Waals surface area contributed by atoms with Crippen LogP contribution >= 0.6 is 0 Å². The Hall–Kier alpha value is -1.26. The summed E-state index contributed by atoms with van der Waals surface area (Å²) in [6.07, 6.45) is 3.50. The minimum atomic E-state index is -0.321. The van der Waals surface area contributed by atoms with E-state index < -0.39 is 0 Å². The van der Waals surface area contributed by atoms with Crippen molar-refractivity contribution < 1.29 is 10.0 Å². The molecule has 0 aromatic carbocycles. The van der Waals surface area contributed by atoms with Gasteiger partial charge in [0.25, 0.3) is 0 Å². The van der Waals surface area contributed by atoms with Crippen LogP contribution in [0.15, 0.2) is 5.16 Å². The van der Waals surface area contributed by atoms with Crippen LogP contribution in [-0.4, -0.2) is 23.0 Å². The van der Waals surface area contributed by atoms with Crippen LogP contribution in [0.2, 0.25) is 0 Å². The van der Waals surface area contributed by atoms with E-state index in [2.05, 4.69) is 10.5 Å². The second-order valence-corrected chi connectivity index (χ2v) is 3.65. The second kappa shape index (κ2) is 4.83. The van der Waals surface area contributed by atoms with Crippen molar-refractivity contribution in [2.75, 3.05) is 0 Å². The third-order valence-electron chi connectivity index (χ3n) is 2.31. The van der Waals surface area contributed by atoms with Gasteiger partial charge in [-0.2, -0.15) is 0 Å². The van der Waals surface area contributed by atoms with Gasteiger partial charge in [-0.25, -0.2) is 0 Å². The Morgan fingerprint density at radius 3 is 2.79 bits per heavy atom. The molecule has 1 aliphatic carbocycles. The van der Waals surface area contributed by atoms with E-state index in [9.17, 15) is 4.79 Å². The Balaban J connectivity index is 2.45. The Morgan fingerprint density at radius 1 is 1.71 bits per heavy atom. The van der Waals surface area contributed by atoms with Gasteiger partial charge in [-0.1, -0.05) is 18.5 Å². The Morgan fingerprint density at radius 2 is 2.36 bits per heavy atom. The zero-order valence-corrected chi connectivity index (χ0v) is 8.36. The summed E-state index contributed by atoms with van der Waals surface area (Å²) in [6, 6.07) is -0.321. The first kappa shape index (κ1) is 10.8. The van der Waals surface area contributed by atoms with Gasteiger partial charge in [-0.3, -0.25) is 4.79 Å². The van der Waals surface area contributed by atoms with Gasteiger partial charge in [0.15, 0.2) is 5.84 Å². The van der Waals surface area contributed by atoms with Crippen LogP contribution in [0.4, 0.5) is 0 Å². The molecule has 0 aromatic heterocycles. The lowest BCUT2D eigenvalue weighted by Gasteiger charge is -2.16. The third kappa shape index (κ3) is 2.90. The molecule has 14 heavy (non-hydrogen) atoms. The number of nitrogens with two attached hydrogens (primary N) is 1. The van der Waals surface area contributed by atoms with Gasteiger partial charge in [0.05, 0.1) is 6.04 Å². The molecule has 1 unspecified atom stereocenters. The molecule has 1 aliphatic rings. The molecule has 1 rings (SSSR count). The van der Waals surface area contributed by atoms with Crippen LogP contribution in [0.5, 0.6) is 0 Å². The largest absolute Gasteiger partial charge is 0.409 e. The molecule has 0 bridgehead atoms. The van der Waals surface area contributed by atoms with Gasteiger partial charge >= 0.3 is 0 Å². The number of hydrogen-bond donors (Lipinski definition) is 3. The first-order valence-corrected chi connectivity index (χ1v) is 4.96. The van der Waals surface area contributed by atoms with Gasteiger partial charge < -0.3 is 16.3 Å². The van der Waals surface area contributed by atoms with Crippen molar-refractivity contribution >= 4 is 11.7 Å². The number of carbonyl (C=O) groups excluding carboxylic acids is 1. The molecule has 0 saturated heterocycles. The van der Waals surface area contributed by atoms with Crippen molar-refractivity contribution in [3.8, 4) is 0 Å². The fourth-order valence-corrected chi connectivity index (χ4v) is 1.29. The summed E-state index contributed by atoms with van der Waals surface area (Å²) in [7, 11) is 0. The van der Waals surface area contributed by atoms with E-state index in [1.165, 1.54) is 0 Å². The number of carbonyl (C=O) groups is 1. The predicted octanol–water partition coefficient (Wildman–Crippen LogP) is 0.428. The highest BCUT2D eigenvalue weighted by molar-refractivity contribution is 5.91. The fraction of sp³-hybridized carbons (Fsp3) is 0.778. The van der Waals surface area contributed by atoms with Crippen LogP contribution in [0, 0.1) is 5.92 Å². The number of amides is 1. The SMILES string of the molecule is CCCC(NC(=O)C1CC1)/C(N)=N/O. The maximum atomic E-state index is 11.4. The minimum Gasteiger partial charge on any atom is -0.409 e. The third-order valence-corrected chi connectivity index (χ3v) is 2.31. The number of amidine groups is 1. The lowest BCUT2D eigenvalue weighted by atomic mass is 10.1. The number of hydrogen-bond acceptors (Lipinski definition) is 3. The first-order chi connectivity index (χ1) is 6.69. The molecule has 5 nitrogen and oxygen atoms in total. The molecule has 1 atom stereocenters. The summed E-state index contributed by atoms with van der Waals surface area (Å²) in [6.45, 7) is 1.99. The van der Waals surface area contributed by atoms with E-state index in [1.807, 2.05) is 6.92 Å². The molecule has 4 N–H and O–H groups in total. The number of nitrogens with one attached hydrogen (secondary N) is 1. The highest BCUT2D eigenvalue weighted by Gasteiger charge is 2.31. The highest BCUT2D eigenvalue weighted by atomic mass is 16.4. The summed E-state index contributed by atoms with van der Waals surface area (Å²) in [5.74, 6) is 0.261. The molecule has 1 saturated carbocycles. The molecule has 0 aliphatic heterocycles.